The van der Waals surface area contributed by atoms with E-state index < -0.39 is 0 Å². The second-order valence-electron chi connectivity index (χ2n) is 7.51. The Kier molecular flexibility index (Phi) is 5.94. The minimum atomic E-state index is -0.0165. The van der Waals surface area contributed by atoms with Gasteiger partial charge in [-0.1, -0.05) is 35.9 Å². The zero-order valence-electron chi connectivity index (χ0n) is 16.4. The Hall–Kier alpha value is -2.62. The van der Waals surface area contributed by atoms with Gasteiger partial charge in [-0.3, -0.25) is 9.59 Å². The lowest BCUT2D eigenvalue weighted by Gasteiger charge is -2.31. The molecule has 0 aliphatic carbocycles. The quantitative estimate of drug-likeness (QED) is 0.897. The van der Waals surface area contributed by atoms with Crippen molar-refractivity contribution in [1.29, 1.82) is 0 Å². The average Bonchev–Trinajstić information content (AvgIpc) is 2.69. The van der Waals surface area contributed by atoms with Crippen LogP contribution < -0.4 is 5.32 Å². The van der Waals surface area contributed by atoms with Gasteiger partial charge in [0.15, 0.2) is 0 Å². The summed E-state index contributed by atoms with van der Waals surface area (Å²) in [5, 5.41) is 3.08. The highest BCUT2D eigenvalue weighted by Crippen LogP contribution is 2.20. The smallest absolute Gasteiger partial charge is 0.253 e. The molecule has 4 nitrogen and oxygen atoms in total. The standard InChI is InChI=1S/C23H28N2O2/c1-16-7-9-20(10-8-16)23(27)25-13-11-19(12-14-25)22(26)24-15-21-6-4-5-17(2)18(21)3/h4-10,19H,11-15H2,1-3H3,(H,24,26). The largest absolute Gasteiger partial charge is 0.352 e. The van der Waals surface area contributed by atoms with Crippen LogP contribution in [-0.4, -0.2) is 29.8 Å². The fourth-order valence-corrected chi connectivity index (χ4v) is 3.55. The lowest BCUT2D eigenvalue weighted by molar-refractivity contribution is -0.126. The van der Waals surface area contributed by atoms with E-state index in [1.165, 1.54) is 11.1 Å². The number of amides is 2. The summed E-state index contributed by atoms with van der Waals surface area (Å²) in [6.07, 6.45) is 1.44. The minimum absolute atomic E-state index is 0.0165. The molecule has 27 heavy (non-hydrogen) atoms. The molecule has 1 fully saturated rings. The van der Waals surface area contributed by atoms with Crippen molar-refractivity contribution in [3.8, 4) is 0 Å². The Morgan fingerprint density at radius 3 is 2.33 bits per heavy atom. The van der Waals surface area contributed by atoms with Gasteiger partial charge in [-0.25, -0.2) is 0 Å². The van der Waals surface area contributed by atoms with Crippen LogP contribution in [0.5, 0.6) is 0 Å². The molecule has 1 heterocycles. The highest BCUT2D eigenvalue weighted by Gasteiger charge is 2.27. The summed E-state index contributed by atoms with van der Waals surface area (Å²) < 4.78 is 0. The monoisotopic (exact) mass is 364 g/mol. The van der Waals surface area contributed by atoms with Crippen molar-refractivity contribution in [3.63, 3.8) is 0 Å². The third-order valence-corrected chi connectivity index (χ3v) is 5.62. The zero-order valence-corrected chi connectivity index (χ0v) is 16.4. The van der Waals surface area contributed by atoms with Crippen molar-refractivity contribution in [2.45, 2.75) is 40.2 Å². The van der Waals surface area contributed by atoms with Crippen LogP contribution in [0.1, 0.15) is 45.5 Å². The van der Waals surface area contributed by atoms with E-state index >= 15 is 0 Å². The lowest BCUT2D eigenvalue weighted by Crippen LogP contribution is -2.43. The third kappa shape index (κ3) is 4.57. The summed E-state index contributed by atoms with van der Waals surface area (Å²) in [5.74, 6) is 0.139. The van der Waals surface area contributed by atoms with E-state index in [0.29, 0.717) is 19.6 Å². The summed E-state index contributed by atoms with van der Waals surface area (Å²) in [6.45, 7) is 8.02. The number of piperidine rings is 1. The van der Waals surface area contributed by atoms with Crippen molar-refractivity contribution < 1.29 is 9.59 Å². The number of rotatable bonds is 4. The number of aryl methyl sites for hydroxylation is 2. The van der Waals surface area contributed by atoms with E-state index in [-0.39, 0.29) is 17.7 Å². The van der Waals surface area contributed by atoms with E-state index in [9.17, 15) is 9.59 Å². The molecule has 2 aromatic carbocycles. The van der Waals surface area contributed by atoms with Crippen LogP contribution in [0.3, 0.4) is 0 Å². The molecule has 0 spiro atoms. The average molecular weight is 364 g/mol. The van der Waals surface area contributed by atoms with Crippen LogP contribution in [0.25, 0.3) is 0 Å². The fraction of sp³-hybridized carbons (Fsp3) is 0.391. The zero-order chi connectivity index (χ0) is 19.4. The number of nitrogens with one attached hydrogen (secondary N) is 1. The van der Waals surface area contributed by atoms with Crippen molar-refractivity contribution >= 4 is 11.8 Å². The maximum absolute atomic E-state index is 12.6. The summed E-state index contributed by atoms with van der Waals surface area (Å²) in [7, 11) is 0. The molecule has 0 radical (unpaired) electrons. The van der Waals surface area contributed by atoms with Crippen LogP contribution in [0.15, 0.2) is 42.5 Å². The molecule has 1 aliphatic rings. The second-order valence-corrected chi connectivity index (χ2v) is 7.51. The first-order chi connectivity index (χ1) is 13.0. The molecule has 0 aromatic heterocycles. The minimum Gasteiger partial charge on any atom is -0.352 e. The van der Waals surface area contributed by atoms with Gasteiger partial charge in [0.2, 0.25) is 5.91 Å². The molecule has 0 unspecified atom stereocenters. The summed E-state index contributed by atoms with van der Waals surface area (Å²) in [6, 6.07) is 13.8. The fourth-order valence-electron chi connectivity index (χ4n) is 3.55. The van der Waals surface area contributed by atoms with Crippen molar-refractivity contribution in [3.05, 3.63) is 70.3 Å². The third-order valence-electron chi connectivity index (χ3n) is 5.62. The van der Waals surface area contributed by atoms with Crippen LogP contribution >= 0.6 is 0 Å². The molecule has 0 atom stereocenters. The molecule has 0 saturated carbocycles. The maximum Gasteiger partial charge on any atom is 0.253 e. The van der Waals surface area contributed by atoms with E-state index in [0.717, 1.165) is 29.5 Å². The Bertz CT molecular complexity index is 819. The van der Waals surface area contributed by atoms with E-state index in [2.05, 4.69) is 31.3 Å². The molecule has 1 saturated heterocycles. The summed E-state index contributed by atoms with van der Waals surface area (Å²) in [5.41, 5.74) is 5.50. The molecule has 2 aromatic rings. The highest BCUT2D eigenvalue weighted by molar-refractivity contribution is 5.94. The van der Waals surface area contributed by atoms with Gasteiger partial charge in [0.25, 0.3) is 5.91 Å². The predicted molar refractivity (Wildman–Crippen MR) is 108 cm³/mol. The molecule has 0 bridgehead atoms. The van der Waals surface area contributed by atoms with Crippen LogP contribution in [0.4, 0.5) is 0 Å². The van der Waals surface area contributed by atoms with Crippen molar-refractivity contribution in [2.24, 2.45) is 5.92 Å². The van der Waals surface area contributed by atoms with Gasteiger partial charge < -0.3 is 10.2 Å². The summed E-state index contributed by atoms with van der Waals surface area (Å²) >= 11 is 0. The van der Waals surface area contributed by atoms with E-state index in [1.54, 1.807) is 0 Å². The van der Waals surface area contributed by atoms with Gasteiger partial charge in [0.05, 0.1) is 0 Å². The second kappa shape index (κ2) is 8.38. The van der Waals surface area contributed by atoms with E-state index in [1.807, 2.05) is 42.2 Å². The SMILES string of the molecule is Cc1ccc(C(=O)N2CCC(C(=O)NCc3cccc(C)c3C)CC2)cc1. The van der Waals surface area contributed by atoms with Gasteiger partial charge in [-0.15, -0.1) is 0 Å². The van der Waals surface area contributed by atoms with Gasteiger partial charge in [0, 0.05) is 31.1 Å². The number of nitrogens with zero attached hydrogens (tertiary/aromatic N) is 1. The maximum atomic E-state index is 12.6. The summed E-state index contributed by atoms with van der Waals surface area (Å²) in [4.78, 5) is 27.0. The first-order valence-electron chi connectivity index (χ1n) is 9.64. The van der Waals surface area contributed by atoms with Crippen molar-refractivity contribution in [2.75, 3.05) is 13.1 Å². The molecule has 1 N–H and O–H groups in total. The first kappa shape index (κ1) is 19.2. The molecular formula is C23H28N2O2. The number of hydrogen-bond acceptors (Lipinski definition) is 2. The van der Waals surface area contributed by atoms with E-state index in [4.69, 9.17) is 0 Å². The van der Waals surface area contributed by atoms with Crippen LogP contribution in [0.2, 0.25) is 0 Å². The van der Waals surface area contributed by atoms with Crippen LogP contribution in [0, 0.1) is 26.7 Å². The van der Waals surface area contributed by atoms with Gasteiger partial charge >= 0.3 is 0 Å². The number of carbonyl (C=O) groups is 2. The number of benzene rings is 2. The number of likely N-dealkylation sites (tertiary alicyclic amines) is 1. The first-order valence-corrected chi connectivity index (χ1v) is 9.64. The molecule has 2 amide bonds. The van der Waals surface area contributed by atoms with Crippen molar-refractivity contribution in [1.82, 2.24) is 10.2 Å². The van der Waals surface area contributed by atoms with Gasteiger partial charge in [-0.2, -0.15) is 0 Å². The molecule has 3 rings (SSSR count). The molecular weight excluding hydrogens is 336 g/mol. The highest BCUT2D eigenvalue weighted by atomic mass is 16.2. The van der Waals surface area contributed by atoms with Gasteiger partial charge in [0.1, 0.15) is 0 Å². The lowest BCUT2D eigenvalue weighted by atomic mass is 9.95. The topological polar surface area (TPSA) is 49.4 Å². The Morgan fingerprint density at radius 1 is 1.00 bits per heavy atom. The number of carbonyl (C=O) groups excluding carboxylic acids is 2. The predicted octanol–water partition coefficient (Wildman–Crippen LogP) is 3.78. The van der Waals surface area contributed by atoms with Crippen LogP contribution in [-0.2, 0) is 11.3 Å². The van der Waals surface area contributed by atoms with Gasteiger partial charge in [-0.05, 0) is 62.4 Å². The Labute approximate surface area is 161 Å². The number of hydrogen-bond donors (Lipinski definition) is 1. The Morgan fingerprint density at radius 2 is 1.67 bits per heavy atom. The molecule has 4 heteroatoms. The normalized spacial score (nSPS) is 14.9. The molecule has 142 valence electrons. The molecule has 1 aliphatic heterocycles. The Balaban J connectivity index is 1.51.